The summed E-state index contributed by atoms with van der Waals surface area (Å²) in [5, 5.41) is 0. The molecule has 0 aromatic heterocycles. The number of esters is 3. The molecule has 1 aliphatic heterocycles. The van der Waals surface area contributed by atoms with E-state index in [1.807, 2.05) is 13.8 Å². The molecule has 1 aromatic carbocycles. The third-order valence-corrected chi connectivity index (χ3v) is 5.64. The Morgan fingerprint density at radius 1 is 1.07 bits per heavy atom. The molecule has 0 fully saturated rings. The highest BCUT2D eigenvalue weighted by Crippen LogP contribution is 2.52. The van der Waals surface area contributed by atoms with E-state index in [2.05, 4.69) is 0 Å². The number of hydrogen-bond acceptors (Lipinski definition) is 7. The summed E-state index contributed by atoms with van der Waals surface area (Å²) in [6.07, 6.45) is 0.392. The highest BCUT2D eigenvalue weighted by Gasteiger charge is 2.72. The van der Waals surface area contributed by atoms with Crippen LogP contribution in [0, 0.1) is 5.41 Å². The van der Waals surface area contributed by atoms with Gasteiger partial charge in [-0.05, 0) is 52.7 Å². The van der Waals surface area contributed by atoms with Gasteiger partial charge in [0.15, 0.2) is 5.75 Å². The predicted molar refractivity (Wildman–Crippen MR) is 109 cm³/mol. The van der Waals surface area contributed by atoms with E-state index in [0.29, 0.717) is 11.4 Å². The maximum absolute atomic E-state index is 13.6. The van der Waals surface area contributed by atoms with Crippen LogP contribution in [0.25, 0.3) is 0 Å². The van der Waals surface area contributed by atoms with Gasteiger partial charge in [-0.15, -0.1) is 0 Å². The Morgan fingerprint density at radius 3 is 2.17 bits per heavy atom. The smallest absolute Gasteiger partial charge is 0.350 e. The third-order valence-electron chi connectivity index (χ3n) is 5.64. The van der Waals surface area contributed by atoms with Crippen molar-refractivity contribution in [2.24, 2.45) is 5.41 Å². The zero-order valence-corrected chi connectivity index (χ0v) is 18.1. The quantitative estimate of drug-likeness (QED) is 0.372. The number of fused-ring (bicyclic) bond motifs is 1. The van der Waals surface area contributed by atoms with Gasteiger partial charge in [-0.3, -0.25) is 4.79 Å². The summed E-state index contributed by atoms with van der Waals surface area (Å²) >= 11 is 0. The lowest BCUT2D eigenvalue weighted by atomic mass is 9.63. The van der Waals surface area contributed by atoms with Gasteiger partial charge in [-0.1, -0.05) is 26.0 Å². The molecule has 1 heterocycles. The fourth-order valence-corrected chi connectivity index (χ4v) is 4.37. The van der Waals surface area contributed by atoms with Gasteiger partial charge in [0.05, 0.1) is 18.9 Å². The van der Waals surface area contributed by atoms with Gasteiger partial charge >= 0.3 is 17.9 Å². The van der Waals surface area contributed by atoms with Crippen LogP contribution in [-0.2, 0) is 23.9 Å². The minimum Gasteiger partial charge on any atom is -0.465 e. The van der Waals surface area contributed by atoms with Crippen molar-refractivity contribution in [3.63, 3.8) is 0 Å². The van der Waals surface area contributed by atoms with Gasteiger partial charge in [0.25, 0.3) is 5.54 Å². The number of para-hydroxylation sites is 2. The van der Waals surface area contributed by atoms with Crippen LogP contribution >= 0.6 is 0 Å². The molecule has 7 heteroatoms. The molecule has 1 atom stereocenters. The average Bonchev–Trinajstić information content (AvgIpc) is 2.69. The van der Waals surface area contributed by atoms with E-state index in [4.69, 9.17) is 14.2 Å². The van der Waals surface area contributed by atoms with Crippen molar-refractivity contribution in [3.05, 3.63) is 24.3 Å². The normalized spacial score (nSPS) is 18.9. The van der Waals surface area contributed by atoms with E-state index < -0.39 is 28.9 Å². The number of rotatable bonds is 8. The van der Waals surface area contributed by atoms with Crippen molar-refractivity contribution in [2.75, 3.05) is 18.1 Å². The van der Waals surface area contributed by atoms with E-state index in [9.17, 15) is 14.4 Å². The molecule has 0 saturated heterocycles. The van der Waals surface area contributed by atoms with Crippen LogP contribution in [0.4, 0.5) is 5.69 Å². The average molecular weight is 405 g/mol. The molecule has 0 bridgehead atoms. The molecule has 0 amide bonds. The lowest BCUT2D eigenvalue weighted by Crippen LogP contribution is -2.76. The number of nitrogens with zero attached hydrogens (tertiary/aromatic N) is 1. The van der Waals surface area contributed by atoms with Crippen LogP contribution in [0.5, 0.6) is 5.75 Å². The second-order valence-corrected chi connectivity index (χ2v) is 7.26. The van der Waals surface area contributed by atoms with Gasteiger partial charge < -0.3 is 19.1 Å². The second kappa shape index (κ2) is 8.84. The first-order valence-electron chi connectivity index (χ1n) is 10.2. The van der Waals surface area contributed by atoms with Crippen LogP contribution in [-0.4, -0.2) is 42.7 Å². The monoisotopic (exact) mass is 405 g/mol. The minimum atomic E-state index is -2.00. The molecule has 29 heavy (non-hydrogen) atoms. The summed E-state index contributed by atoms with van der Waals surface area (Å²) in [7, 11) is 0. The van der Waals surface area contributed by atoms with Crippen molar-refractivity contribution in [3.8, 4) is 5.75 Å². The van der Waals surface area contributed by atoms with Crippen LogP contribution < -0.4 is 9.64 Å². The van der Waals surface area contributed by atoms with E-state index in [1.165, 1.54) is 0 Å². The number of anilines is 1. The van der Waals surface area contributed by atoms with E-state index >= 15 is 0 Å². The lowest BCUT2D eigenvalue weighted by Gasteiger charge is -2.54. The number of carbonyl (C=O) groups excluding carboxylic acids is 3. The topological polar surface area (TPSA) is 82.1 Å². The van der Waals surface area contributed by atoms with Gasteiger partial charge in [0.2, 0.25) is 0 Å². The molecule has 160 valence electrons. The van der Waals surface area contributed by atoms with Crippen LogP contribution in [0.15, 0.2) is 24.3 Å². The molecule has 1 unspecified atom stereocenters. The molecular weight excluding hydrogens is 374 g/mol. The molecule has 1 aromatic rings. The Morgan fingerprint density at radius 2 is 1.66 bits per heavy atom. The highest BCUT2D eigenvalue weighted by atomic mass is 16.6. The van der Waals surface area contributed by atoms with E-state index in [1.54, 1.807) is 56.9 Å². The van der Waals surface area contributed by atoms with Crippen molar-refractivity contribution >= 4 is 23.6 Å². The molecule has 0 N–H and O–H groups in total. The molecule has 0 saturated carbocycles. The number of carbonyl (C=O) groups is 3. The van der Waals surface area contributed by atoms with Crippen LogP contribution in [0.2, 0.25) is 0 Å². The van der Waals surface area contributed by atoms with Crippen molar-refractivity contribution in [1.29, 1.82) is 0 Å². The van der Waals surface area contributed by atoms with Gasteiger partial charge in [0, 0.05) is 6.04 Å². The highest BCUT2D eigenvalue weighted by molar-refractivity contribution is 6.15. The Balaban J connectivity index is 2.94. The Hall–Kier alpha value is -2.57. The third kappa shape index (κ3) is 3.26. The van der Waals surface area contributed by atoms with Gasteiger partial charge in [-0.2, -0.15) is 0 Å². The first-order valence-corrected chi connectivity index (χ1v) is 10.2. The van der Waals surface area contributed by atoms with Gasteiger partial charge in [0.1, 0.15) is 5.41 Å². The van der Waals surface area contributed by atoms with Crippen LogP contribution in [0.1, 0.15) is 54.4 Å². The molecule has 0 aliphatic carbocycles. The van der Waals surface area contributed by atoms with E-state index in [0.717, 1.165) is 0 Å². The van der Waals surface area contributed by atoms with Crippen molar-refractivity contribution in [2.45, 2.75) is 66.0 Å². The maximum atomic E-state index is 13.6. The first kappa shape index (κ1) is 22.7. The zero-order valence-electron chi connectivity index (χ0n) is 18.1. The first-order chi connectivity index (χ1) is 13.8. The number of benzene rings is 1. The molecule has 0 spiro atoms. The number of ether oxygens (including phenoxy) is 3. The minimum absolute atomic E-state index is 0.0633. The summed E-state index contributed by atoms with van der Waals surface area (Å²) < 4.78 is 16.4. The van der Waals surface area contributed by atoms with Gasteiger partial charge in [-0.25, -0.2) is 9.59 Å². The summed E-state index contributed by atoms with van der Waals surface area (Å²) in [4.78, 5) is 42.1. The van der Waals surface area contributed by atoms with Crippen molar-refractivity contribution < 1.29 is 28.6 Å². The van der Waals surface area contributed by atoms with Crippen LogP contribution in [0.3, 0.4) is 0 Å². The lowest BCUT2D eigenvalue weighted by molar-refractivity contribution is -0.182. The summed E-state index contributed by atoms with van der Waals surface area (Å²) in [5.41, 5.74) is -2.92. The summed E-state index contributed by atoms with van der Waals surface area (Å²) in [6, 6.07) is 6.69. The Kier molecular flexibility index (Phi) is 6.93. The number of hydrogen-bond donors (Lipinski definition) is 0. The van der Waals surface area contributed by atoms with E-state index in [-0.39, 0.29) is 32.1 Å². The fraction of sp³-hybridized carbons (Fsp3) is 0.591. The standard InChI is InChI=1S/C22H31NO6/c1-7-21(8-2,18(24)27-9-3)22(19(25)28-10-4)20(26)29-17-14-12-11-13-16(17)23(22)15(5)6/h11-15H,7-10H2,1-6H3. The zero-order chi connectivity index (χ0) is 21.8. The predicted octanol–water partition coefficient (Wildman–Crippen LogP) is 3.49. The Bertz CT molecular complexity index is 770. The fourth-order valence-electron chi connectivity index (χ4n) is 4.37. The Labute approximate surface area is 172 Å². The molecule has 1 aliphatic rings. The second-order valence-electron chi connectivity index (χ2n) is 7.26. The molecular formula is C22H31NO6. The SMILES string of the molecule is CCOC(=O)C(CC)(CC)C1(C(=O)OCC)C(=O)Oc2ccccc2N1C(C)C. The van der Waals surface area contributed by atoms with Crippen molar-refractivity contribution in [1.82, 2.24) is 0 Å². The maximum Gasteiger partial charge on any atom is 0.350 e. The molecule has 0 radical (unpaired) electrons. The summed E-state index contributed by atoms with van der Waals surface area (Å²) in [6.45, 7) is 10.8. The summed E-state index contributed by atoms with van der Waals surface area (Å²) in [5.74, 6) is -1.89. The molecule has 7 nitrogen and oxygen atoms in total. The largest absolute Gasteiger partial charge is 0.465 e. The molecule has 2 rings (SSSR count).